The first-order valence-electron chi connectivity index (χ1n) is 11.3. The Hall–Kier alpha value is -3.06. The molecule has 0 aliphatic carbocycles. The maximum absolute atomic E-state index is 13.3. The number of nitrogens with one attached hydrogen (secondary N) is 1. The summed E-state index contributed by atoms with van der Waals surface area (Å²) < 4.78 is 11.9. The highest BCUT2D eigenvalue weighted by atomic mass is 79.9. The molecule has 3 aromatic carbocycles. The molecule has 7 heteroatoms. The first-order valence-corrected chi connectivity index (χ1v) is 12.1. The summed E-state index contributed by atoms with van der Waals surface area (Å²) in [5.74, 6) is 1.16. The maximum atomic E-state index is 13.3. The van der Waals surface area contributed by atoms with Crippen molar-refractivity contribution in [3.63, 3.8) is 0 Å². The second-order valence-corrected chi connectivity index (χ2v) is 9.37. The normalized spacial score (nSPS) is 11.8. The summed E-state index contributed by atoms with van der Waals surface area (Å²) in [5, 5.41) is 5.00. The van der Waals surface area contributed by atoms with E-state index in [1.807, 2.05) is 74.5 Å². The van der Waals surface area contributed by atoms with Crippen molar-refractivity contribution in [2.24, 2.45) is 5.92 Å². The first kappa shape index (κ1) is 25.6. The molecule has 0 saturated heterocycles. The molecule has 34 heavy (non-hydrogen) atoms. The molecule has 3 aromatic rings. The van der Waals surface area contributed by atoms with Crippen molar-refractivity contribution in [3.05, 3.63) is 70.7 Å². The number of carbonyl (C=O) groups is 2. The molecule has 0 heterocycles. The van der Waals surface area contributed by atoms with Crippen molar-refractivity contribution < 1.29 is 19.1 Å². The third-order valence-electron chi connectivity index (χ3n) is 5.54. The number of hydrogen-bond acceptors (Lipinski definition) is 4. The molecule has 1 N–H and O–H groups in total. The van der Waals surface area contributed by atoms with Crippen LogP contribution < -0.4 is 14.8 Å². The zero-order chi connectivity index (χ0) is 24.7. The summed E-state index contributed by atoms with van der Waals surface area (Å²) in [6.07, 6.45) is 0. The Morgan fingerprint density at radius 2 is 1.71 bits per heavy atom. The second kappa shape index (κ2) is 11.9. The number of amides is 2. The van der Waals surface area contributed by atoms with Crippen LogP contribution in [0.25, 0.3) is 10.8 Å². The van der Waals surface area contributed by atoms with Crippen LogP contribution >= 0.6 is 15.9 Å². The molecule has 0 aromatic heterocycles. The van der Waals surface area contributed by atoms with E-state index in [-0.39, 0.29) is 25.0 Å². The number of hydrogen-bond donors (Lipinski definition) is 1. The van der Waals surface area contributed by atoms with E-state index in [4.69, 9.17) is 9.47 Å². The van der Waals surface area contributed by atoms with E-state index in [1.165, 1.54) is 0 Å². The molecule has 180 valence electrons. The van der Waals surface area contributed by atoms with Gasteiger partial charge in [-0.25, -0.2) is 0 Å². The van der Waals surface area contributed by atoms with Crippen LogP contribution in [0, 0.1) is 5.92 Å². The van der Waals surface area contributed by atoms with Crippen molar-refractivity contribution in [2.45, 2.75) is 33.4 Å². The Bertz CT molecular complexity index is 1130. The van der Waals surface area contributed by atoms with Crippen LogP contribution in [0.1, 0.15) is 26.3 Å². The lowest BCUT2D eigenvalue weighted by molar-refractivity contribution is -0.142. The molecule has 3 rings (SSSR count). The number of carbonyl (C=O) groups excluding carboxylic acids is 2. The van der Waals surface area contributed by atoms with Gasteiger partial charge in [0.05, 0.1) is 11.6 Å². The van der Waals surface area contributed by atoms with Gasteiger partial charge in [-0.3, -0.25) is 9.59 Å². The van der Waals surface area contributed by atoms with Crippen LogP contribution in [0.5, 0.6) is 11.5 Å². The van der Waals surface area contributed by atoms with Gasteiger partial charge in [-0.05, 0) is 63.3 Å². The van der Waals surface area contributed by atoms with Crippen LogP contribution in [0.2, 0.25) is 0 Å². The van der Waals surface area contributed by atoms with Crippen LogP contribution in [-0.4, -0.2) is 43.0 Å². The second-order valence-electron chi connectivity index (χ2n) is 8.57. The molecule has 1 atom stereocenters. The lowest BCUT2D eigenvalue weighted by Crippen LogP contribution is -2.49. The number of benzene rings is 3. The van der Waals surface area contributed by atoms with Crippen molar-refractivity contribution in [3.8, 4) is 11.5 Å². The highest BCUT2D eigenvalue weighted by Gasteiger charge is 2.27. The van der Waals surface area contributed by atoms with Gasteiger partial charge >= 0.3 is 0 Å². The zero-order valence-corrected chi connectivity index (χ0v) is 21.6. The molecule has 0 saturated carbocycles. The Morgan fingerprint density at radius 1 is 1.00 bits per heavy atom. The fourth-order valence-electron chi connectivity index (χ4n) is 3.51. The smallest absolute Gasteiger partial charge is 0.261 e. The van der Waals surface area contributed by atoms with E-state index in [1.54, 1.807) is 18.9 Å². The lowest BCUT2D eigenvalue weighted by atomic mass is 10.1. The number of halogens is 1. The van der Waals surface area contributed by atoms with E-state index in [0.717, 1.165) is 26.6 Å². The van der Waals surface area contributed by atoms with Crippen LogP contribution in [0.15, 0.2) is 65.1 Å². The number of nitrogens with zero attached hydrogens (tertiary/aromatic N) is 1. The fraction of sp³-hybridized carbons (Fsp3) is 0.333. The molecule has 2 amide bonds. The van der Waals surface area contributed by atoms with Crippen molar-refractivity contribution in [1.29, 1.82) is 0 Å². The highest BCUT2D eigenvalue weighted by molar-refractivity contribution is 9.10. The zero-order valence-electron chi connectivity index (χ0n) is 20.0. The quantitative estimate of drug-likeness (QED) is 0.395. The van der Waals surface area contributed by atoms with Gasteiger partial charge < -0.3 is 19.7 Å². The summed E-state index contributed by atoms with van der Waals surface area (Å²) in [6.45, 7) is 6.44. The molecule has 0 fully saturated rings. The third kappa shape index (κ3) is 6.50. The van der Waals surface area contributed by atoms with E-state index < -0.39 is 6.04 Å². The minimum atomic E-state index is -0.656. The molecule has 1 unspecified atom stereocenters. The first-order chi connectivity index (χ1) is 16.3. The van der Waals surface area contributed by atoms with Gasteiger partial charge in [0.1, 0.15) is 17.5 Å². The molecule has 0 aliphatic heterocycles. The molecule has 0 aliphatic rings. The average Bonchev–Trinajstić information content (AvgIpc) is 2.85. The predicted molar refractivity (Wildman–Crippen MR) is 138 cm³/mol. The lowest BCUT2D eigenvalue weighted by Gasteiger charge is -2.29. The van der Waals surface area contributed by atoms with E-state index in [0.29, 0.717) is 18.2 Å². The molecular formula is C27H31BrN2O4. The maximum Gasteiger partial charge on any atom is 0.261 e. The van der Waals surface area contributed by atoms with Crippen LogP contribution in [0.3, 0.4) is 0 Å². The topological polar surface area (TPSA) is 67.9 Å². The van der Waals surface area contributed by atoms with Gasteiger partial charge in [0, 0.05) is 13.1 Å². The Kier molecular flexibility index (Phi) is 8.93. The average molecular weight is 527 g/mol. The number of methoxy groups -OCH3 is 1. The van der Waals surface area contributed by atoms with E-state index in [2.05, 4.69) is 21.2 Å². The number of fused-ring (bicyclic) bond motifs is 1. The van der Waals surface area contributed by atoms with Gasteiger partial charge in [0.15, 0.2) is 6.61 Å². The van der Waals surface area contributed by atoms with E-state index in [9.17, 15) is 9.59 Å². The van der Waals surface area contributed by atoms with Gasteiger partial charge in [-0.15, -0.1) is 0 Å². The largest absolute Gasteiger partial charge is 0.497 e. The molecule has 0 bridgehead atoms. The minimum Gasteiger partial charge on any atom is -0.497 e. The number of ether oxygens (including phenoxy) is 2. The molecule has 0 radical (unpaired) electrons. The SMILES string of the molecule is COc1ccc(CN(C(=O)COc2ccc3ccccc3c2Br)C(C)C(=O)NCC(C)C)cc1. The highest BCUT2D eigenvalue weighted by Crippen LogP contribution is 2.33. The summed E-state index contributed by atoms with van der Waals surface area (Å²) in [5.41, 5.74) is 0.893. The van der Waals surface area contributed by atoms with Gasteiger partial charge in [-0.2, -0.15) is 0 Å². The summed E-state index contributed by atoms with van der Waals surface area (Å²) in [4.78, 5) is 27.6. The van der Waals surface area contributed by atoms with Gasteiger partial charge in [0.2, 0.25) is 5.91 Å². The van der Waals surface area contributed by atoms with Crippen LogP contribution in [0.4, 0.5) is 0 Å². The Morgan fingerprint density at radius 3 is 2.38 bits per heavy atom. The molecule has 0 spiro atoms. The summed E-state index contributed by atoms with van der Waals surface area (Å²) in [7, 11) is 1.61. The van der Waals surface area contributed by atoms with Gasteiger partial charge in [0.25, 0.3) is 5.91 Å². The fourth-order valence-corrected chi connectivity index (χ4v) is 4.12. The minimum absolute atomic E-state index is 0.186. The van der Waals surface area contributed by atoms with Crippen molar-refractivity contribution in [1.82, 2.24) is 10.2 Å². The standard InChI is InChI=1S/C27H31BrN2O4/c1-18(2)15-29-27(32)19(3)30(16-20-9-12-22(33-4)13-10-20)25(31)17-34-24-14-11-21-7-5-6-8-23(21)26(24)28/h5-14,18-19H,15-17H2,1-4H3,(H,29,32). The monoisotopic (exact) mass is 526 g/mol. The van der Waals surface area contributed by atoms with Crippen LogP contribution in [-0.2, 0) is 16.1 Å². The Balaban J connectivity index is 1.77. The third-order valence-corrected chi connectivity index (χ3v) is 6.36. The van der Waals surface area contributed by atoms with Crippen molar-refractivity contribution in [2.75, 3.05) is 20.3 Å². The molecular weight excluding hydrogens is 496 g/mol. The molecule has 6 nitrogen and oxygen atoms in total. The van der Waals surface area contributed by atoms with E-state index >= 15 is 0 Å². The van der Waals surface area contributed by atoms with Crippen molar-refractivity contribution >= 4 is 38.5 Å². The number of rotatable bonds is 10. The summed E-state index contributed by atoms with van der Waals surface area (Å²) in [6, 6.07) is 18.5. The summed E-state index contributed by atoms with van der Waals surface area (Å²) >= 11 is 3.60. The predicted octanol–water partition coefficient (Wildman–Crippen LogP) is 5.18. The Labute approximate surface area is 209 Å². The van der Waals surface area contributed by atoms with Gasteiger partial charge in [-0.1, -0.05) is 56.3 Å².